The fourth-order valence-electron chi connectivity index (χ4n) is 2.78. The van der Waals surface area contributed by atoms with E-state index in [1.54, 1.807) is 43.3 Å². The summed E-state index contributed by atoms with van der Waals surface area (Å²) in [5, 5.41) is 2.82. The van der Waals surface area contributed by atoms with E-state index in [1.807, 2.05) is 25.1 Å². The summed E-state index contributed by atoms with van der Waals surface area (Å²) in [5.74, 6) is -0.526. The third kappa shape index (κ3) is 4.95. The van der Waals surface area contributed by atoms with Crippen LogP contribution in [0, 0.1) is 0 Å². The lowest BCUT2D eigenvalue weighted by molar-refractivity contribution is 0.0526. The number of aromatic nitrogens is 2. The summed E-state index contributed by atoms with van der Waals surface area (Å²) in [5.41, 5.74) is 1.58. The summed E-state index contributed by atoms with van der Waals surface area (Å²) in [6, 6.07) is 16.7. The van der Waals surface area contributed by atoms with Crippen molar-refractivity contribution in [1.82, 2.24) is 15.3 Å². The number of nitrogens with zero attached hydrogens (tertiary/aromatic N) is 1. The highest BCUT2D eigenvalue weighted by atomic mass is 16.5. The first-order valence-electron chi connectivity index (χ1n) is 9.22. The van der Waals surface area contributed by atoms with E-state index >= 15 is 0 Å². The number of rotatable bonds is 6. The van der Waals surface area contributed by atoms with Gasteiger partial charge in [0.05, 0.1) is 18.2 Å². The lowest BCUT2D eigenvalue weighted by atomic mass is 10.1. The SMILES string of the molecule is CCOC(=O)c1ccc([C@@H](C)NC(=O)c2cc(=O)[nH]c(-c3ccccc3)n2)cc1. The fraction of sp³-hybridized carbons (Fsp3) is 0.182. The van der Waals surface area contributed by atoms with Gasteiger partial charge in [0, 0.05) is 11.6 Å². The number of H-pyrrole nitrogens is 1. The van der Waals surface area contributed by atoms with Gasteiger partial charge >= 0.3 is 5.97 Å². The minimum absolute atomic E-state index is 0.0302. The molecule has 0 aliphatic rings. The highest BCUT2D eigenvalue weighted by Crippen LogP contribution is 2.16. The number of hydrogen-bond donors (Lipinski definition) is 2. The predicted molar refractivity (Wildman–Crippen MR) is 109 cm³/mol. The average Bonchev–Trinajstić information content (AvgIpc) is 2.74. The van der Waals surface area contributed by atoms with Crippen LogP contribution in [0.1, 0.15) is 46.3 Å². The summed E-state index contributed by atoms with van der Waals surface area (Å²) in [6.07, 6.45) is 0. The highest BCUT2D eigenvalue weighted by Gasteiger charge is 2.15. The number of carbonyl (C=O) groups excluding carboxylic acids is 2. The largest absolute Gasteiger partial charge is 0.462 e. The molecule has 7 nitrogen and oxygen atoms in total. The van der Waals surface area contributed by atoms with Crippen LogP contribution in [-0.2, 0) is 4.74 Å². The predicted octanol–water partition coefficient (Wildman–Crippen LogP) is 3.10. The van der Waals surface area contributed by atoms with Crippen LogP contribution in [0.3, 0.4) is 0 Å². The standard InChI is InChI=1S/C22H21N3O4/c1-3-29-22(28)17-11-9-15(10-12-17)14(2)23-21(27)18-13-19(26)25-20(24-18)16-7-5-4-6-8-16/h4-14H,3H2,1-2H3,(H,23,27)(H,24,25,26)/t14-/m1/s1. The van der Waals surface area contributed by atoms with Gasteiger partial charge in [0.25, 0.3) is 11.5 Å². The van der Waals surface area contributed by atoms with Gasteiger partial charge in [-0.1, -0.05) is 42.5 Å². The second-order valence-electron chi connectivity index (χ2n) is 6.38. The Kier molecular flexibility index (Phi) is 6.19. The molecule has 148 valence electrons. The smallest absolute Gasteiger partial charge is 0.338 e. The van der Waals surface area contributed by atoms with E-state index in [4.69, 9.17) is 4.74 Å². The molecule has 2 N–H and O–H groups in total. The summed E-state index contributed by atoms with van der Waals surface area (Å²) >= 11 is 0. The van der Waals surface area contributed by atoms with Crippen LogP contribution in [0.5, 0.6) is 0 Å². The van der Waals surface area contributed by atoms with Crippen molar-refractivity contribution < 1.29 is 14.3 Å². The maximum Gasteiger partial charge on any atom is 0.338 e. The molecule has 0 unspecified atom stereocenters. The molecule has 0 radical (unpaired) electrons. The molecule has 2 aromatic carbocycles. The number of benzene rings is 2. The van der Waals surface area contributed by atoms with Crippen LogP contribution < -0.4 is 10.9 Å². The number of esters is 1. The van der Waals surface area contributed by atoms with Gasteiger partial charge in [0.2, 0.25) is 0 Å². The van der Waals surface area contributed by atoms with E-state index in [2.05, 4.69) is 15.3 Å². The molecule has 3 rings (SSSR count). The Morgan fingerprint density at radius 3 is 2.45 bits per heavy atom. The van der Waals surface area contributed by atoms with Gasteiger partial charge in [-0.15, -0.1) is 0 Å². The Morgan fingerprint density at radius 1 is 1.10 bits per heavy atom. The quantitative estimate of drug-likeness (QED) is 0.629. The Morgan fingerprint density at radius 2 is 1.79 bits per heavy atom. The van der Waals surface area contributed by atoms with Gasteiger partial charge in [-0.3, -0.25) is 9.59 Å². The number of hydrogen-bond acceptors (Lipinski definition) is 5. The average molecular weight is 391 g/mol. The van der Waals surface area contributed by atoms with E-state index in [0.717, 1.165) is 5.56 Å². The molecule has 1 amide bonds. The number of carbonyl (C=O) groups is 2. The molecule has 1 heterocycles. The van der Waals surface area contributed by atoms with Gasteiger partial charge < -0.3 is 15.0 Å². The zero-order valence-corrected chi connectivity index (χ0v) is 16.1. The third-order valence-electron chi connectivity index (χ3n) is 4.29. The molecule has 1 atom stereocenters. The molecular formula is C22H21N3O4. The lowest BCUT2D eigenvalue weighted by Gasteiger charge is -2.15. The maximum atomic E-state index is 12.6. The van der Waals surface area contributed by atoms with Crippen LogP contribution >= 0.6 is 0 Å². The van der Waals surface area contributed by atoms with Crippen molar-refractivity contribution in [1.29, 1.82) is 0 Å². The Balaban J connectivity index is 1.75. The van der Waals surface area contributed by atoms with Crippen molar-refractivity contribution >= 4 is 11.9 Å². The number of amides is 1. The summed E-state index contributed by atoms with van der Waals surface area (Å²) < 4.78 is 4.96. The number of nitrogens with one attached hydrogen (secondary N) is 2. The molecule has 29 heavy (non-hydrogen) atoms. The van der Waals surface area contributed by atoms with Gasteiger partial charge in [-0.05, 0) is 31.5 Å². The number of aromatic amines is 1. The molecule has 0 saturated heterocycles. The maximum absolute atomic E-state index is 12.6. The van der Waals surface area contributed by atoms with Crippen molar-refractivity contribution in [2.24, 2.45) is 0 Å². The van der Waals surface area contributed by atoms with E-state index in [-0.39, 0.29) is 11.7 Å². The van der Waals surface area contributed by atoms with Crippen LogP contribution in [-0.4, -0.2) is 28.5 Å². The molecule has 0 bridgehead atoms. The summed E-state index contributed by atoms with van der Waals surface area (Å²) in [7, 11) is 0. The first-order chi connectivity index (χ1) is 14.0. The van der Waals surface area contributed by atoms with E-state index in [9.17, 15) is 14.4 Å². The minimum atomic E-state index is -0.463. The first kappa shape index (κ1) is 20.0. The molecule has 3 aromatic rings. The van der Waals surface area contributed by atoms with E-state index in [0.29, 0.717) is 23.6 Å². The van der Waals surface area contributed by atoms with E-state index in [1.165, 1.54) is 6.07 Å². The van der Waals surface area contributed by atoms with Crippen molar-refractivity contribution in [2.75, 3.05) is 6.61 Å². The third-order valence-corrected chi connectivity index (χ3v) is 4.29. The van der Waals surface area contributed by atoms with Crippen molar-refractivity contribution in [3.05, 3.63) is 87.8 Å². The fourth-order valence-corrected chi connectivity index (χ4v) is 2.78. The van der Waals surface area contributed by atoms with Gasteiger partial charge in [0.15, 0.2) is 0 Å². The summed E-state index contributed by atoms with van der Waals surface area (Å²) in [4.78, 5) is 43.3. The van der Waals surface area contributed by atoms with Crippen molar-refractivity contribution in [3.63, 3.8) is 0 Å². The Hall–Kier alpha value is -3.74. The summed E-state index contributed by atoms with van der Waals surface area (Å²) in [6.45, 7) is 3.86. The topological polar surface area (TPSA) is 101 Å². The van der Waals surface area contributed by atoms with Crippen LogP contribution in [0.2, 0.25) is 0 Å². The lowest BCUT2D eigenvalue weighted by Crippen LogP contribution is -2.29. The molecule has 0 spiro atoms. The number of ether oxygens (including phenoxy) is 1. The Bertz CT molecular complexity index is 1060. The highest BCUT2D eigenvalue weighted by molar-refractivity contribution is 5.93. The Labute approximate surface area is 167 Å². The minimum Gasteiger partial charge on any atom is -0.462 e. The second kappa shape index (κ2) is 8.97. The van der Waals surface area contributed by atoms with E-state index < -0.39 is 17.4 Å². The molecule has 1 aromatic heterocycles. The van der Waals surface area contributed by atoms with Crippen LogP contribution in [0.15, 0.2) is 65.5 Å². The molecule has 0 fully saturated rings. The molecule has 0 saturated carbocycles. The van der Waals surface area contributed by atoms with Gasteiger partial charge in [-0.2, -0.15) is 0 Å². The van der Waals surface area contributed by atoms with Crippen molar-refractivity contribution in [3.8, 4) is 11.4 Å². The molecule has 0 aliphatic heterocycles. The van der Waals surface area contributed by atoms with Crippen molar-refractivity contribution in [2.45, 2.75) is 19.9 Å². The molecule has 7 heteroatoms. The molecule has 0 aliphatic carbocycles. The first-order valence-corrected chi connectivity index (χ1v) is 9.22. The normalized spacial score (nSPS) is 11.5. The van der Waals surface area contributed by atoms with Crippen LogP contribution in [0.4, 0.5) is 0 Å². The van der Waals surface area contributed by atoms with Gasteiger partial charge in [-0.25, -0.2) is 9.78 Å². The zero-order chi connectivity index (χ0) is 20.8. The van der Waals surface area contributed by atoms with Gasteiger partial charge in [0.1, 0.15) is 11.5 Å². The zero-order valence-electron chi connectivity index (χ0n) is 16.1. The second-order valence-corrected chi connectivity index (χ2v) is 6.38. The monoisotopic (exact) mass is 391 g/mol. The molecular weight excluding hydrogens is 370 g/mol. The van der Waals surface area contributed by atoms with Crippen LogP contribution in [0.25, 0.3) is 11.4 Å².